The molecule has 0 amide bonds. The fraction of sp³-hybridized carbons (Fsp3) is 0.625. The lowest BCUT2D eigenvalue weighted by Crippen LogP contribution is -2.36. The maximum absolute atomic E-state index is 14.4. The van der Waals surface area contributed by atoms with Crippen LogP contribution in [-0.4, -0.2) is 19.3 Å². The van der Waals surface area contributed by atoms with Gasteiger partial charge in [-0.15, -0.1) is 0 Å². The third-order valence-electron chi connectivity index (χ3n) is 3.83. The molecule has 2 nitrogen and oxygen atoms in total. The molecule has 0 aliphatic heterocycles. The second kappa shape index (κ2) is 6.64. The summed E-state index contributed by atoms with van der Waals surface area (Å²) in [6, 6.07) is 2.39. The zero-order valence-corrected chi connectivity index (χ0v) is 12.4. The Morgan fingerprint density at radius 3 is 2.55 bits per heavy atom. The Morgan fingerprint density at radius 1 is 1.30 bits per heavy atom. The van der Waals surface area contributed by atoms with Crippen LogP contribution in [0.2, 0.25) is 0 Å². The predicted molar refractivity (Wildman–Crippen MR) is 75.7 cm³/mol. The van der Waals surface area contributed by atoms with E-state index in [9.17, 15) is 8.78 Å². The fourth-order valence-corrected chi connectivity index (χ4v) is 2.69. The van der Waals surface area contributed by atoms with Crippen LogP contribution in [0.3, 0.4) is 0 Å². The molecule has 2 unspecified atom stereocenters. The summed E-state index contributed by atoms with van der Waals surface area (Å²) in [7, 11) is 0. The van der Waals surface area contributed by atoms with Gasteiger partial charge in [-0.1, -0.05) is 13.0 Å². The molecule has 20 heavy (non-hydrogen) atoms. The first kappa shape index (κ1) is 15.4. The first-order valence-corrected chi connectivity index (χ1v) is 7.39. The molecule has 112 valence electrons. The Bertz CT molecular complexity index is 460. The highest BCUT2D eigenvalue weighted by molar-refractivity contribution is 5.30. The Balaban J connectivity index is 2.38. The summed E-state index contributed by atoms with van der Waals surface area (Å²) >= 11 is 0. The van der Waals surface area contributed by atoms with Gasteiger partial charge in [-0.25, -0.2) is 8.78 Å². The Morgan fingerprint density at radius 2 is 2.00 bits per heavy atom. The van der Waals surface area contributed by atoms with Crippen molar-refractivity contribution in [3.63, 3.8) is 0 Å². The molecule has 0 heterocycles. The minimum absolute atomic E-state index is 0.122. The van der Waals surface area contributed by atoms with E-state index in [-0.39, 0.29) is 11.7 Å². The second-order valence-electron chi connectivity index (χ2n) is 5.38. The minimum atomic E-state index is -0.496. The van der Waals surface area contributed by atoms with Crippen molar-refractivity contribution in [2.45, 2.75) is 45.8 Å². The third kappa shape index (κ3) is 3.18. The van der Waals surface area contributed by atoms with Crippen LogP contribution >= 0.6 is 0 Å². The summed E-state index contributed by atoms with van der Waals surface area (Å²) in [6.45, 7) is 6.72. The molecule has 1 aliphatic rings. The van der Waals surface area contributed by atoms with Crippen molar-refractivity contribution >= 4 is 0 Å². The topological polar surface area (TPSA) is 21.3 Å². The van der Waals surface area contributed by atoms with Crippen LogP contribution in [0.1, 0.15) is 43.9 Å². The van der Waals surface area contributed by atoms with Crippen LogP contribution in [0.5, 0.6) is 0 Å². The summed E-state index contributed by atoms with van der Waals surface area (Å²) in [5.41, 5.74) is 0.590. The average Bonchev–Trinajstić information content (AvgIpc) is 3.24. The van der Waals surface area contributed by atoms with Gasteiger partial charge in [0.25, 0.3) is 0 Å². The van der Waals surface area contributed by atoms with Crippen LogP contribution in [0.4, 0.5) is 8.78 Å². The Hall–Kier alpha value is -1.00. The summed E-state index contributed by atoms with van der Waals surface area (Å²) in [5, 5.41) is 3.21. The number of nitrogens with one attached hydrogen (secondary N) is 1. The van der Waals surface area contributed by atoms with Gasteiger partial charge >= 0.3 is 0 Å². The normalized spacial score (nSPS) is 18.1. The quantitative estimate of drug-likeness (QED) is 0.823. The molecule has 1 N–H and O–H groups in total. The number of ether oxygens (including phenoxy) is 1. The molecule has 1 fully saturated rings. The van der Waals surface area contributed by atoms with Gasteiger partial charge in [0, 0.05) is 12.2 Å². The fourth-order valence-electron chi connectivity index (χ4n) is 2.69. The zero-order valence-electron chi connectivity index (χ0n) is 12.4. The van der Waals surface area contributed by atoms with Gasteiger partial charge in [-0.3, -0.25) is 0 Å². The van der Waals surface area contributed by atoms with Crippen LogP contribution in [0.15, 0.2) is 12.1 Å². The van der Waals surface area contributed by atoms with Gasteiger partial charge < -0.3 is 10.1 Å². The van der Waals surface area contributed by atoms with Gasteiger partial charge in [0.05, 0.1) is 12.1 Å². The Kier molecular flexibility index (Phi) is 5.11. The zero-order chi connectivity index (χ0) is 14.7. The molecule has 1 aromatic carbocycles. The van der Waals surface area contributed by atoms with E-state index < -0.39 is 17.7 Å². The molecule has 0 bridgehead atoms. The number of hydrogen-bond donors (Lipinski definition) is 1. The average molecular weight is 283 g/mol. The molecule has 0 aromatic heterocycles. The van der Waals surface area contributed by atoms with E-state index >= 15 is 0 Å². The number of aryl methyl sites for hydroxylation is 1. The maximum Gasteiger partial charge on any atom is 0.133 e. The first-order valence-electron chi connectivity index (χ1n) is 7.39. The van der Waals surface area contributed by atoms with Crippen molar-refractivity contribution in [2.75, 3.05) is 13.2 Å². The third-order valence-corrected chi connectivity index (χ3v) is 3.83. The highest BCUT2D eigenvalue weighted by Gasteiger charge is 2.39. The van der Waals surface area contributed by atoms with Gasteiger partial charge in [-0.05, 0) is 50.8 Å². The molecule has 1 aromatic rings. The highest BCUT2D eigenvalue weighted by atomic mass is 19.1. The summed E-state index contributed by atoms with van der Waals surface area (Å²) in [6.07, 6.45) is 1.98. The van der Waals surface area contributed by atoms with Crippen LogP contribution in [-0.2, 0) is 4.74 Å². The van der Waals surface area contributed by atoms with Crippen LogP contribution < -0.4 is 5.32 Å². The smallest absolute Gasteiger partial charge is 0.133 e. The number of likely N-dealkylation sites (N-methyl/N-ethyl adjacent to an activating group) is 1. The monoisotopic (exact) mass is 283 g/mol. The molecular formula is C16H23F2NO. The Labute approximate surface area is 119 Å². The number of rotatable bonds is 7. The van der Waals surface area contributed by atoms with Gasteiger partial charge in [0.1, 0.15) is 11.6 Å². The van der Waals surface area contributed by atoms with Crippen LogP contribution in [0.25, 0.3) is 0 Å². The SMILES string of the molecule is CCNC(c1c(F)ccc(C)c1F)C(OCC)C1CC1. The maximum atomic E-state index is 14.4. The van der Waals surface area contributed by atoms with Gasteiger partial charge in [-0.2, -0.15) is 0 Å². The van der Waals surface area contributed by atoms with E-state index in [2.05, 4.69) is 5.32 Å². The highest BCUT2D eigenvalue weighted by Crippen LogP contribution is 2.41. The van der Waals surface area contributed by atoms with Crippen molar-refractivity contribution in [3.8, 4) is 0 Å². The van der Waals surface area contributed by atoms with Crippen molar-refractivity contribution in [1.82, 2.24) is 5.32 Å². The molecule has 0 radical (unpaired) electrons. The lowest BCUT2D eigenvalue weighted by molar-refractivity contribution is 0.0171. The first-order chi connectivity index (χ1) is 9.60. The molecule has 0 spiro atoms. The van der Waals surface area contributed by atoms with Gasteiger partial charge in [0.15, 0.2) is 0 Å². The molecule has 0 saturated heterocycles. The molecular weight excluding hydrogens is 260 g/mol. The molecule has 1 saturated carbocycles. The van der Waals surface area contributed by atoms with Crippen LogP contribution in [0, 0.1) is 24.5 Å². The predicted octanol–water partition coefficient (Wildman–Crippen LogP) is 3.74. The minimum Gasteiger partial charge on any atom is -0.376 e. The van der Waals surface area contributed by atoms with Crippen molar-refractivity contribution in [3.05, 3.63) is 34.9 Å². The lowest BCUT2D eigenvalue weighted by Gasteiger charge is -2.29. The van der Waals surface area contributed by atoms with Crippen molar-refractivity contribution in [1.29, 1.82) is 0 Å². The largest absolute Gasteiger partial charge is 0.376 e. The standard InChI is InChI=1S/C16H23F2NO/c1-4-19-15(16(20-5-2)11-7-8-11)13-12(17)9-6-10(3)14(13)18/h6,9,11,15-16,19H,4-5,7-8H2,1-3H3. The summed E-state index contributed by atoms with van der Waals surface area (Å²) in [4.78, 5) is 0. The summed E-state index contributed by atoms with van der Waals surface area (Å²) < 4.78 is 34.3. The molecule has 4 heteroatoms. The van der Waals surface area contributed by atoms with Crippen molar-refractivity contribution < 1.29 is 13.5 Å². The molecule has 1 aliphatic carbocycles. The van der Waals surface area contributed by atoms with Gasteiger partial charge in [0.2, 0.25) is 0 Å². The van der Waals surface area contributed by atoms with E-state index in [0.29, 0.717) is 24.6 Å². The summed E-state index contributed by atoms with van der Waals surface area (Å²) in [5.74, 6) is -0.552. The number of hydrogen-bond acceptors (Lipinski definition) is 2. The van der Waals surface area contributed by atoms with E-state index in [1.807, 2.05) is 13.8 Å². The van der Waals surface area contributed by atoms with E-state index in [1.54, 1.807) is 6.92 Å². The number of benzene rings is 1. The van der Waals surface area contributed by atoms with E-state index in [1.165, 1.54) is 12.1 Å². The molecule has 2 rings (SSSR count). The van der Waals surface area contributed by atoms with E-state index in [4.69, 9.17) is 4.74 Å². The lowest BCUT2D eigenvalue weighted by atomic mass is 9.95. The van der Waals surface area contributed by atoms with E-state index in [0.717, 1.165) is 12.8 Å². The van der Waals surface area contributed by atoms with Crippen molar-refractivity contribution in [2.24, 2.45) is 5.92 Å². The molecule has 2 atom stereocenters. The second-order valence-corrected chi connectivity index (χ2v) is 5.38. The number of halogens is 2.